The van der Waals surface area contributed by atoms with E-state index < -0.39 is 11.6 Å². The molecule has 1 aliphatic rings. The minimum absolute atomic E-state index is 0.121. The Hall–Kier alpha value is -4.27. The number of anilines is 2. The fourth-order valence-electron chi connectivity index (χ4n) is 4.91. The maximum atomic E-state index is 12.0. The summed E-state index contributed by atoms with van der Waals surface area (Å²) in [6.45, 7) is 7.03. The average molecular weight is 487 g/mol. The number of para-hydroxylation sites is 1. The van der Waals surface area contributed by atoms with Crippen LogP contribution >= 0.6 is 0 Å². The molecule has 0 bridgehead atoms. The van der Waals surface area contributed by atoms with Crippen LogP contribution in [0.2, 0.25) is 0 Å². The van der Waals surface area contributed by atoms with Gasteiger partial charge in [-0.05, 0) is 63.1 Å². The van der Waals surface area contributed by atoms with E-state index >= 15 is 0 Å². The number of nitrogens with two attached hydrogens (primary N) is 1. The Kier molecular flexibility index (Phi) is 5.91. The van der Waals surface area contributed by atoms with Crippen molar-refractivity contribution in [1.82, 2.24) is 20.1 Å². The van der Waals surface area contributed by atoms with E-state index in [2.05, 4.69) is 15.1 Å². The van der Waals surface area contributed by atoms with E-state index in [1.807, 2.05) is 81.4 Å². The zero-order valence-corrected chi connectivity index (χ0v) is 20.6. The molecule has 9 heteroatoms. The highest BCUT2D eigenvalue weighted by Gasteiger charge is 2.37. The van der Waals surface area contributed by atoms with E-state index in [-0.39, 0.29) is 6.04 Å². The van der Waals surface area contributed by atoms with E-state index in [1.54, 1.807) is 4.90 Å². The fraction of sp³-hybridized carbons (Fsp3) is 0.296. The summed E-state index contributed by atoms with van der Waals surface area (Å²) in [4.78, 5) is 20.4. The predicted molar refractivity (Wildman–Crippen MR) is 140 cm³/mol. The zero-order valence-electron chi connectivity index (χ0n) is 20.6. The van der Waals surface area contributed by atoms with Crippen molar-refractivity contribution in [2.45, 2.75) is 38.8 Å². The number of pyridine rings is 1. The second kappa shape index (κ2) is 9.07. The van der Waals surface area contributed by atoms with Crippen molar-refractivity contribution in [2.24, 2.45) is 0 Å². The molecule has 1 unspecified atom stereocenters. The van der Waals surface area contributed by atoms with Crippen LogP contribution in [0.15, 0.2) is 60.7 Å². The van der Waals surface area contributed by atoms with E-state index in [0.29, 0.717) is 24.6 Å². The van der Waals surface area contributed by atoms with E-state index in [9.17, 15) is 9.90 Å². The summed E-state index contributed by atoms with van der Waals surface area (Å²) in [6, 6.07) is 19.3. The van der Waals surface area contributed by atoms with Crippen LogP contribution < -0.4 is 15.4 Å². The van der Waals surface area contributed by atoms with Gasteiger partial charge in [0.05, 0.1) is 11.4 Å². The Balaban J connectivity index is 1.46. The quantitative estimate of drug-likeness (QED) is 0.347. The summed E-state index contributed by atoms with van der Waals surface area (Å²) >= 11 is 0. The average Bonchev–Trinajstić information content (AvgIpc) is 3.46. The SMILES string of the molecule is CC(C)(C)N(C(=O)O)C1CCN(c2cc(-c3ccc(Oc4ccccc4)cc3)c3c(N)n[nH]c3n2)C1. The van der Waals surface area contributed by atoms with Crippen LogP contribution in [0.25, 0.3) is 22.2 Å². The Bertz CT molecular complexity index is 1380. The molecular weight excluding hydrogens is 456 g/mol. The highest BCUT2D eigenvalue weighted by Crippen LogP contribution is 2.36. The Morgan fingerprint density at radius 3 is 2.50 bits per heavy atom. The number of fused-ring (bicyclic) bond motifs is 1. The lowest BCUT2D eigenvalue weighted by Crippen LogP contribution is -2.52. The molecule has 2 aromatic heterocycles. The van der Waals surface area contributed by atoms with Gasteiger partial charge in [-0.1, -0.05) is 30.3 Å². The number of amides is 1. The second-order valence-corrected chi connectivity index (χ2v) is 10.0. The summed E-state index contributed by atoms with van der Waals surface area (Å²) < 4.78 is 5.93. The zero-order chi connectivity index (χ0) is 25.4. The van der Waals surface area contributed by atoms with Crippen molar-refractivity contribution in [3.8, 4) is 22.6 Å². The smallest absolute Gasteiger partial charge is 0.408 e. The second-order valence-electron chi connectivity index (χ2n) is 10.0. The molecule has 4 N–H and O–H groups in total. The number of nitrogens with one attached hydrogen (secondary N) is 1. The third-order valence-electron chi connectivity index (χ3n) is 6.47. The molecule has 2 aromatic carbocycles. The predicted octanol–water partition coefficient (Wildman–Crippen LogP) is 5.36. The molecule has 186 valence electrons. The standard InChI is InChI=1S/C27H30N6O3/c1-27(2,3)33(26(34)35)18-13-14-32(16-18)22-15-21(23-24(28)30-31-25(23)29-22)17-9-11-20(12-10-17)36-19-7-5-4-6-8-19/h4-12,15,18H,13-14,16H2,1-3H3,(H,34,35)(H3,28,29,30,31). The lowest BCUT2D eigenvalue weighted by molar-refractivity contribution is 0.0763. The minimum Gasteiger partial charge on any atom is -0.465 e. The summed E-state index contributed by atoms with van der Waals surface area (Å²) in [5.41, 5.74) is 8.16. The van der Waals surface area contributed by atoms with Gasteiger partial charge in [-0.3, -0.25) is 10.00 Å². The van der Waals surface area contributed by atoms with Gasteiger partial charge in [0, 0.05) is 24.2 Å². The Morgan fingerprint density at radius 2 is 1.83 bits per heavy atom. The van der Waals surface area contributed by atoms with Crippen molar-refractivity contribution in [1.29, 1.82) is 0 Å². The molecule has 4 aromatic rings. The number of hydrogen-bond donors (Lipinski definition) is 3. The van der Waals surface area contributed by atoms with Crippen molar-refractivity contribution in [3.05, 3.63) is 60.7 Å². The maximum Gasteiger partial charge on any atom is 0.408 e. The number of aromatic nitrogens is 3. The number of nitrogens with zero attached hydrogens (tertiary/aromatic N) is 4. The number of carbonyl (C=O) groups is 1. The molecule has 5 rings (SSSR count). The van der Waals surface area contributed by atoms with Crippen LogP contribution in [0.3, 0.4) is 0 Å². The highest BCUT2D eigenvalue weighted by molar-refractivity contribution is 6.01. The van der Waals surface area contributed by atoms with Crippen LogP contribution in [-0.4, -0.2) is 56.0 Å². The Labute approximate surface area is 209 Å². The first-order chi connectivity index (χ1) is 17.2. The van der Waals surface area contributed by atoms with E-state index in [0.717, 1.165) is 40.3 Å². The number of H-pyrrole nitrogens is 1. The molecule has 36 heavy (non-hydrogen) atoms. The molecule has 0 radical (unpaired) electrons. The number of hydrogen-bond acceptors (Lipinski definition) is 6. The topological polar surface area (TPSA) is 121 Å². The van der Waals surface area contributed by atoms with Crippen LogP contribution in [-0.2, 0) is 0 Å². The number of rotatable bonds is 5. The molecule has 0 aliphatic carbocycles. The number of nitrogen functional groups attached to an aromatic ring is 1. The first-order valence-electron chi connectivity index (χ1n) is 12.0. The van der Waals surface area contributed by atoms with Gasteiger partial charge in [-0.25, -0.2) is 9.78 Å². The lowest BCUT2D eigenvalue weighted by Gasteiger charge is -2.37. The van der Waals surface area contributed by atoms with Gasteiger partial charge in [-0.2, -0.15) is 5.10 Å². The van der Waals surface area contributed by atoms with E-state index in [1.165, 1.54) is 0 Å². The monoisotopic (exact) mass is 486 g/mol. The van der Waals surface area contributed by atoms with Crippen molar-refractivity contribution < 1.29 is 14.6 Å². The first-order valence-corrected chi connectivity index (χ1v) is 12.0. The molecule has 1 atom stereocenters. The van der Waals surface area contributed by atoms with Gasteiger partial charge < -0.3 is 20.5 Å². The molecule has 0 saturated carbocycles. The summed E-state index contributed by atoms with van der Waals surface area (Å²) in [5, 5.41) is 17.7. The number of benzene rings is 2. The lowest BCUT2D eigenvalue weighted by atomic mass is 10.0. The first kappa shape index (κ1) is 23.5. The van der Waals surface area contributed by atoms with Gasteiger partial charge in [0.1, 0.15) is 17.3 Å². The summed E-state index contributed by atoms with van der Waals surface area (Å²) in [7, 11) is 0. The Morgan fingerprint density at radius 1 is 1.14 bits per heavy atom. The number of aromatic amines is 1. The number of carboxylic acid groups (broad SMARTS) is 1. The van der Waals surface area contributed by atoms with Crippen LogP contribution in [0.1, 0.15) is 27.2 Å². The van der Waals surface area contributed by atoms with Crippen molar-refractivity contribution in [2.75, 3.05) is 23.7 Å². The van der Waals surface area contributed by atoms with Gasteiger partial charge in [0.15, 0.2) is 11.5 Å². The molecule has 1 saturated heterocycles. The molecule has 1 fully saturated rings. The third-order valence-corrected chi connectivity index (χ3v) is 6.47. The van der Waals surface area contributed by atoms with Gasteiger partial charge in [0.25, 0.3) is 0 Å². The molecule has 0 spiro atoms. The maximum absolute atomic E-state index is 12.0. The molecule has 9 nitrogen and oxygen atoms in total. The minimum atomic E-state index is -0.905. The largest absolute Gasteiger partial charge is 0.465 e. The summed E-state index contributed by atoms with van der Waals surface area (Å²) in [6.07, 6.45) is -0.174. The molecule has 1 amide bonds. The highest BCUT2D eigenvalue weighted by atomic mass is 16.5. The van der Waals surface area contributed by atoms with Crippen LogP contribution in [0.5, 0.6) is 11.5 Å². The van der Waals surface area contributed by atoms with E-state index in [4.69, 9.17) is 15.5 Å². The van der Waals surface area contributed by atoms with Gasteiger partial charge in [0.2, 0.25) is 0 Å². The fourth-order valence-corrected chi connectivity index (χ4v) is 4.91. The van der Waals surface area contributed by atoms with Gasteiger partial charge in [-0.15, -0.1) is 0 Å². The van der Waals surface area contributed by atoms with Crippen molar-refractivity contribution >= 4 is 28.8 Å². The summed E-state index contributed by atoms with van der Waals surface area (Å²) in [5.74, 6) is 2.64. The molecular formula is C27H30N6O3. The van der Waals surface area contributed by atoms with Crippen LogP contribution in [0.4, 0.5) is 16.4 Å². The normalized spacial score (nSPS) is 15.9. The number of ether oxygens (including phenoxy) is 1. The molecule has 1 aliphatic heterocycles. The third kappa shape index (κ3) is 4.51. The molecule has 3 heterocycles. The van der Waals surface area contributed by atoms with Gasteiger partial charge >= 0.3 is 6.09 Å². The van der Waals surface area contributed by atoms with Crippen molar-refractivity contribution in [3.63, 3.8) is 0 Å². The van der Waals surface area contributed by atoms with Crippen LogP contribution in [0, 0.1) is 0 Å².